The first-order valence-corrected chi connectivity index (χ1v) is 9.05. The molecule has 6 heteroatoms. The van der Waals surface area contributed by atoms with Crippen LogP contribution >= 0.6 is 0 Å². The largest absolute Gasteiger partial charge is 0.486 e. The number of para-hydroxylation sites is 1. The number of hydrogen-bond acceptors (Lipinski definition) is 4. The second-order valence-electron chi connectivity index (χ2n) is 6.44. The minimum Gasteiger partial charge on any atom is -0.486 e. The molecular weight excluding hydrogens is 344 g/mol. The van der Waals surface area contributed by atoms with Gasteiger partial charge in [-0.2, -0.15) is 0 Å². The zero-order valence-electron chi connectivity index (χ0n) is 15.9. The summed E-state index contributed by atoms with van der Waals surface area (Å²) in [6.45, 7) is 6.33. The molecule has 3 rings (SSSR count). The summed E-state index contributed by atoms with van der Waals surface area (Å²) < 4.78 is 11.1. The van der Waals surface area contributed by atoms with Crippen LogP contribution in [0.15, 0.2) is 36.4 Å². The van der Waals surface area contributed by atoms with Gasteiger partial charge >= 0.3 is 0 Å². The molecule has 2 aromatic carbocycles. The summed E-state index contributed by atoms with van der Waals surface area (Å²) in [5.74, 6) is 0.759. The molecule has 1 N–H and O–H groups in total. The third kappa shape index (κ3) is 4.22. The van der Waals surface area contributed by atoms with E-state index in [9.17, 15) is 9.59 Å². The third-order valence-corrected chi connectivity index (χ3v) is 4.52. The van der Waals surface area contributed by atoms with E-state index < -0.39 is 0 Å². The van der Waals surface area contributed by atoms with Crippen molar-refractivity contribution in [3.63, 3.8) is 0 Å². The highest BCUT2D eigenvalue weighted by atomic mass is 16.6. The molecule has 1 aliphatic rings. The normalized spacial score (nSPS) is 12.4. The van der Waals surface area contributed by atoms with Gasteiger partial charge in [0.2, 0.25) is 11.8 Å². The molecule has 6 nitrogen and oxygen atoms in total. The summed E-state index contributed by atoms with van der Waals surface area (Å²) in [5.41, 5.74) is 3.48. The van der Waals surface area contributed by atoms with E-state index in [0.29, 0.717) is 30.4 Å². The van der Waals surface area contributed by atoms with Crippen LogP contribution in [-0.4, -0.2) is 31.6 Å². The fourth-order valence-electron chi connectivity index (χ4n) is 3.11. The second kappa shape index (κ2) is 8.12. The van der Waals surface area contributed by atoms with Crippen molar-refractivity contribution in [2.45, 2.75) is 27.2 Å². The third-order valence-electron chi connectivity index (χ3n) is 4.52. The summed E-state index contributed by atoms with van der Waals surface area (Å²) in [7, 11) is 0. The fourth-order valence-corrected chi connectivity index (χ4v) is 3.11. The zero-order valence-corrected chi connectivity index (χ0v) is 15.9. The van der Waals surface area contributed by atoms with Gasteiger partial charge in [0.25, 0.3) is 0 Å². The molecule has 2 aromatic rings. The maximum Gasteiger partial charge on any atom is 0.244 e. The first-order chi connectivity index (χ1) is 13.0. The number of nitrogens with zero attached hydrogens (tertiary/aromatic N) is 1. The number of fused-ring (bicyclic) bond motifs is 1. The van der Waals surface area contributed by atoms with Crippen molar-refractivity contribution in [3.8, 4) is 11.5 Å². The molecule has 0 saturated carbocycles. The molecule has 1 aliphatic heterocycles. The van der Waals surface area contributed by atoms with Gasteiger partial charge in [-0.1, -0.05) is 25.1 Å². The van der Waals surface area contributed by atoms with Gasteiger partial charge in [-0.15, -0.1) is 0 Å². The lowest BCUT2D eigenvalue weighted by Gasteiger charge is -2.24. The lowest BCUT2D eigenvalue weighted by Crippen LogP contribution is -2.37. The van der Waals surface area contributed by atoms with Crippen molar-refractivity contribution in [1.82, 2.24) is 0 Å². The van der Waals surface area contributed by atoms with Gasteiger partial charge in [-0.25, -0.2) is 0 Å². The number of carbonyl (C=O) groups excluding carboxylic acids is 2. The highest BCUT2D eigenvalue weighted by Crippen LogP contribution is 2.34. The first kappa shape index (κ1) is 18.8. The number of anilines is 2. The van der Waals surface area contributed by atoms with Crippen molar-refractivity contribution in [3.05, 3.63) is 47.5 Å². The van der Waals surface area contributed by atoms with Crippen molar-refractivity contribution in [2.75, 3.05) is 30.0 Å². The Balaban J connectivity index is 1.79. The smallest absolute Gasteiger partial charge is 0.244 e. The van der Waals surface area contributed by atoms with Gasteiger partial charge < -0.3 is 19.7 Å². The van der Waals surface area contributed by atoms with Gasteiger partial charge in [-0.05, 0) is 36.6 Å². The lowest BCUT2D eigenvalue weighted by atomic mass is 10.1. The molecule has 142 valence electrons. The summed E-state index contributed by atoms with van der Waals surface area (Å²) in [6, 6.07) is 11.2. The second-order valence-corrected chi connectivity index (χ2v) is 6.44. The predicted molar refractivity (Wildman–Crippen MR) is 105 cm³/mol. The van der Waals surface area contributed by atoms with Gasteiger partial charge in [-0.3, -0.25) is 9.59 Å². The van der Waals surface area contributed by atoms with Crippen molar-refractivity contribution in [2.24, 2.45) is 0 Å². The maximum atomic E-state index is 12.6. The Hall–Kier alpha value is -3.02. The average Bonchev–Trinajstić information content (AvgIpc) is 2.67. The summed E-state index contributed by atoms with van der Waals surface area (Å²) in [6.07, 6.45) is 0.815. The molecule has 0 atom stereocenters. The average molecular weight is 368 g/mol. The highest BCUT2D eigenvalue weighted by molar-refractivity contribution is 6.02. The molecule has 0 fully saturated rings. The first-order valence-electron chi connectivity index (χ1n) is 9.05. The van der Waals surface area contributed by atoms with Crippen LogP contribution in [0.4, 0.5) is 11.4 Å². The number of nitrogens with one attached hydrogen (secondary N) is 1. The molecule has 2 amide bonds. The molecular formula is C21H24N2O4. The van der Waals surface area contributed by atoms with Crippen LogP contribution in [0.1, 0.15) is 25.0 Å². The highest BCUT2D eigenvalue weighted by Gasteiger charge is 2.20. The number of rotatable bonds is 5. The van der Waals surface area contributed by atoms with Crippen molar-refractivity contribution < 1.29 is 19.1 Å². The van der Waals surface area contributed by atoms with E-state index in [1.54, 1.807) is 18.2 Å². The van der Waals surface area contributed by atoms with Crippen molar-refractivity contribution in [1.29, 1.82) is 0 Å². The fraction of sp³-hybridized carbons (Fsp3) is 0.333. The van der Waals surface area contributed by atoms with Crippen LogP contribution in [0.5, 0.6) is 11.5 Å². The minimum atomic E-state index is -0.246. The number of amides is 2. The van der Waals surface area contributed by atoms with E-state index in [2.05, 4.69) is 5.32 Å². The summed E-state index contributed by atoms with van der Waals surface area (Å²) >= 11 is 0. The molecule has 0 saturated heterocycles. The minimum absolute atomic E-state index is 0.0769. The van der Waals surface area contributed by atoms with Crippen LogP contribution in [-0.2, 0) is 16.0 Å². The van der Waals surface area contributed by atoms with E-state index in [0.717, 1.165) is 23.2 Å². The van der Waals surface area contributed by atoms with Crippen LogP contribution in [0.25, 0.3) is 0 Å². The SMILES string of the molecule is CCc1cccc(C)c1NC(=O)CN(C(C)=O)c1ccc2c(c1)OCCO2. The quantitative estimate of drug-likeness (QED) is 0.879. The molecule has 27 heavy (non-hydrogen) atoms. The van der Waals surface area contributed by atoms with Gasteiger partial charge in [0.1, 0.15) is 19.8 Å². The standard InChI is InChI=1S/C21H24N2O4/c1-4-16-7-5-6-14(2)21(16)22-20(25)13-23(15(3)24)17-8-9-18-19(12-17)27-11-10-26-18/h5-9,12H,4,10-11,13H2,1-3H3,(H,22,25). The number of ether oxygens (including phenoxy) is 2. The van der Waals surface area contributed by atoms with E-state index in [-0.39, 0.29) is 18.4 Å². The number of hydrogen-bond donors (Lipinski definition) is 1. The Morgan fingerprint density at radius 2 is 1.85 bits per heavy atom. The van der Waals surface area contributed by atoms with Gasteiger partial charge in [0, 0.05) is 24.4 Å². The van der Waals surface area contributed by atoms with Crippen molar-refractivity contribution >= 4 is 23.2 Å². The number of carbonyl (C=O) groups is 2. The molecule has 0 radical (unpaired) electrons. The molecule has 1 heterocycles. The van der Waals surface area contributed by atoms with Crippen LogP contribution in [0, 0.1) is 6.92 Å². The Bertz CT molecular complexity index is 863. The molecule has 0 spiro atoms. The molecule has 0 unspecified atom stereocenters. The molecule has 0 bridgehead atoms. The molecule has 0 aliphatic carbocycles. The summed E-state index contributed by atoms with van der Waals surface area (Å²) in [5, 5.41) is 2.96. The topological polar surface area (TPSA) is 67.9 Å². The Kier molecular flexibility index (Phi) is 5.64. The Morgan fingerprint density at radius 1 is 1.11 bits per heavy atom. The zero-order chi connectivity index (χ0) is 19.4. The monoisotopic (exact) mass is 368 g/mol. The lowest BCUT2D eigenvalue weighted by molar-refractivity contribution is -0.120. The van der Waals surface area contributed by atoms with E-state index in [4.69, 9.17) is 9.47 Å². The van der Waals surface area contributed by atoms with E-state index in [1.807, 2.05) is 32.0 Å². The maximum absolute atomic E-state index is 12.6. The van der Waals surface area contributed by atoms with Crippen LogP contribution < -0.4 is 19.7 Å². The summed E-state index contributed by atoms with van der Waals surface area (Å²) in [4.78, 5) is 26.2. The van der Waals surface area contributed by atoms with Gasteiger partial charge in [0.05, 0.1) is 0 Å². The predicted octanol–water partition coefficient (Wildman–Crippen LogP) is 3.32. The Morgan fingerprint density at radius 3 is 2.56 bits per heavy atom. The number of benzene rings is 2. The van der Waals surface area contributed by atoms with Crippen LogP contribution in [0.3, 0.4) is 0 Å². The van der Waals surface area contributed by atoms with Crippen LogP contribution in [0.2, 0.25) is 0 Å². The number of aryl methyl sites for hydroxylation is 2. The molecule has 0 aromatic heterocycles. The van der Waals surface area contributed by atoms with E-state index in [1.165, 1.54) is 11.8 Å². The van der Waals surface area contributed by atoms with E-state index >= 15 is 0 Å². The Labute approximate surface area is 159 Å². The van der Waals surface area contributed by atoms with Gasteiger partial charge in [0.15, 0.2) is 11.5 Å².